The maximum absolute atomic E-state index is 7.26. The van der Waals surface area contributed by atoms with E-state index in [1.54, 1.807) is 0 Å². The zero-order valence-corrected chi connectivity index (χ0v) is 40.3. The summed E-state index contributed by atoms with van der Waals surface area (Å²) >= 11 is 0. The Kier molecular flexibility index (Phi) is 8.94. The molecule has 0 fully saturated rings. The van der Waals surface area contributed by atoms with Gasteiger partial charge < -0.3 is 13.6 Å². The Morgan fingerprint density at radius 1 is 0.293 bits per heavy atom. The normalized spacial score (nSPS) is 12.0. The van der Waals surface area contributed by atoms with Crippen LogP contribution in [0.25, 0.3) is 155 Å². The van der Waals surface area contributed by atoms with Crippen molar-refractivity contribution >= 4 is 97.9 Å². The molecule has 16 rings (SSSR count). The van der Waals surface area contributed by atoms with Gasteiger partial charge in [0.15, 0.2) is 17.5 Å². The second kappa shape index (κ2) is 16.2. The Balaban J connectivity index is 1.02. The fourth-order valence-corrected chi connectivity index (χ4v) is 11.9. The van der Waals surface area contributed by atoms with Gasteiger partial charge in [0.05, 0.1) is 38.7 Å². The summed E-state index contributed by atoms with van der Waals surface area (Å²) in [5, 5.41) is 13.5. The van der Waals surface area contributed by atoms with E-state index >= 15 is 0 Å². The van der Waals surface area contributed by atoms with E-state index in [2.05, 4.69) is 246 Å². The number of aromatic nitrogens is 5. The van der Waals surface area contributed by atoms with Gasteiger partial charge in [-0.3, -0.25) is 0 Å². The summed E-state index contributed by atoms with van der Waals surface area (Å²) in [7, 11) is 0. The molecule has 0 unspecified atom stereocenters. The highest BCUT2D eigenvalue weighted by molar-refractivity contribution is 6.26. The number of fused-ring (bicyclic) bond motifs is 12. The lowest BCUT2D eigenvalue weighted by Gasteiger charge is -2.17. The SMILES string of the molecule is c1ccc(-c2cccc(-c3nc(-c4ccc5c6ccccc6n(-c6ccccc6)c5c4)nc(-c4c5ccccc5c(-n5c6cc7ccccc7cc6c6cc7ccccc7cc65)c5c4oc4ccccc45)n3)c2)cc1. The van der Waals surface area contributed by atoms with Crippen LogP contribution >= 0.6 is 0 Å². The number of para-hydroxylation sites is 3. The number of rotatable bonds is 6. The summed E-state index contributed by atoms with van der Waals surface area (Å²) < 4.78 is 12.1. The van der Waals surface area contributed by atoms with Gasteiger partial charge in [-0.2, -0.15) is 0 Å². The summed E-state index contributed by atoms with van der Waals surface area (Å²) in [5.41, 5.74) is 12.8. The van der Waals surface area contributed by atoms with Crippen LogP contribution in [-0.2, 0) is 0 Å². The van der Waals surface area contributed by atoms with Crippen molar-refractivity contribution in [2.45, 2.75) is 0 Å². The lowest BCUT2D eigenvalue weighted by Crippen LogP contribution is -2.03. The van der Waals surface area contributed by atoms with E-state index < -0.39 is 0 Å². The van der Waals surface area contributed by atoms with Crippen molar-refractivity contribution in [3.63, 3.8) is 0 Å². The minimum absolute atomic E-state index is 0.523. The molecule has 4 aromatic heterocycles. The third-order valence-electron chi connectivity index (χ3n) is 15.3. The minimum atomic E-state index is 0.523. The van der Waals surface area contributed by atoms with Gasteiger partial charge in [-0.25, -0.2) is 15.0 Å². The van der Waals surface area contributed by atoms with E-state index in [9.17, 15) is 0 Å². The molecule has 0 aliphatic heterocycles. The summed E-state index contributed by atoms with van der Waals surface area (Å²) in [5.74, 6) is 1.65. The van der Waals surface area contributed by atoms with E-state index in [4.69, 9.17) is 19.4 Å². The molecule has 4 heterocycles. The van der Waals surface area contributed by atoms with Crippen LogP contribution in [-0.4, -0.2) is 24.1 Å². The van der Waals surface area contributed by atoms with E-state index in [1.807, 2.05) is 12.1 Å². The molecule has 0 N–H and O–H groups in total. The van der Waals surface area contributed by atoms with Gasteiger partial charge in [-0.05, 0) is 98.7 Å². The third-order valence-corrected chi connectivity index (χ3v) is 15.3. The largest absolute Gasteiger partial charge is 0.455 e. The highest BCUT2D eigenvalue weighted by Crippen LogP contribution is 2.48. The molecule has 0 saturated carbocycles. The Bertz CT molecular complexity index is 4920. The molecule has 0 amide bonds. The Labute approximate surface area is 429 Å². The molecule has 0 radical (unpaired) electrons. The summed E-state index contributed by atoms with van der Waals surface area (Å²) in [6.45, 7) is 0. The molecule has 0 bridgehead atoms. The fourth-order valence-electron chi connectivity index (χ4n) is 11.9. The molecule has 12 aromatic carbocycles. The Hall–Kier alpha value is -10.2. The van der Waals surface area contributed by atoms with Gasteiger partial charge in [0.2, 0.25) is 0 Å². The molecule has 75 heavy (non-hydrogen) atoms. The first kappa shape index (κ1) is 41.4. The smallest absolute Gasteiger partial charge is 0.168 e. The maximum Gasteiger partial charge on any atom is 0.168 e. The van der Waals surface area contributed by atoms with Crippen LogP contribution < -0.4 is 0 Å². The van der Waals surface area contributed by atoms with Crippen LogP contribution in [0.3, 0.4) is 0 Å². The number of hydrogen-bond donors (Lipinski definition) is 0. The van der Waals surface area contributed by atoms with Gasteiger partial charge in [0, 0.05) is 49.1 Å². The first-order valence-corrected chi connectivity index (χ1v) is 25.4. The van der Waals surface area contributed by atoms with Crippen LogP contribution in [0.2, 0.25) is 0 Å². The summed E-state index contributed by atoms with van der Waals surface area (Å²) in [4.78, 5) is 16.5. The second-order valence-corrected chi connectivity index (χ2v) is 19.5. The summed E-state index contributed by atoms with van der Waals surface area (Å²) in [6, 6.07) is 88.6. The van der Waals surface area contributed by atoms with Crippen molar-refractivity contribution in [1.82, 2.24) is 24.1 Å². The molecule has 16 aromatic rings. The van der Waals surface area contributed by atoms with Gasteiger partial charge in [-0.1, -0.05) is 188 Å². The zero-order chi connectivity index (χ0) is 49.1. The average molecular weight is 956 g/mol. The van der Waals surface area contributed by atoms with E-state index in [0.717, 1.165) is 93.8 Å². The lowest BCUT2D eigenvalue weighted by molar-refractivity contribution is 0.670. The average Bonchev–Trinajstić information content (AvgIpc) is 4.13. The van der Waals surface area contributed by atoms with Crippen molar-refractivity contribution in [1.29, 1.82) is 0 Å². The van der Waals surface area contributed by atoms with Gasteiger partial charge in [0.1, 0.15) is 11.2 Å². The predicted octanol–water partition coefficient (Wildman–Crippen LogP) is 18.1. The van der Waals surface area contributed by atoms with Gasteiger partial charge >= 0.3 is 0 Å². The Morgan fingerprint density at radius 2 is 0.800 bits per heavy atom. The molecule has 0 aliphatic carbocycles. The van der Waals surface area contributed by atoms with Crippen molar-refractivity contribution in [3.8, 4) is 56.7 Å². The van der Waals surface area contributed by atoms with Crippen molar-refractivity contribution in [2.24, 2.45) is 0 Å². The van der Waals surface area contributed by atoms with E-state index in [-0.39, 0.29) is 0 Å². The number of furan rings is 1. The monoisotopic (exact) mass is 955 g/mol. The standard InChI is InChI=1S/C69H41N5O/c1-3-18-42(19-4-1)43-24-17-25-48(36-43)67-70-68(49-34-35-52-51-28-13-15-32-58(51)73(59(52)41-49)50-26-5-2-6-27-50)72-69(71-67)64-53-29-11-12-30-54(53)65(63-55-31-14-16-33-62(55)75-66(63)64)74-60-39-46-22-9-7-20-44(46)37-56(60)57-38-45-21-8-10-23-47(45)40-61(57)74/h1-41H. The minimum Gasteiger partial charge on any atom is -0.455 e. The van der Waals surface area contributed by atoms with Crippen LogP contribution in [0.1, 0.15) is 0 Å². The third kappa shape index (κ3) is 6.36. The molecule has 0 saturated heterocycles. The van der Waals surface area contributed by atoms with Gasteiger partial charge in [-0.15, -0.1) is 0 Å². The number of benzene rings is 12. The van der Waals surface area contributed by atoms with Crippen LogP contribution in [0.15, 0.2) is 253 Å². The lowest BCUT2D eigenvalue weighted by atomic mass is 9.96. The van der Waals surface area contributed by atoms with E-state index in [0.29, 0.717) is 23.1 Å². The summed E-state index contributed by atoms with van der Waals surface area (Å²) in [6.07, 6.45) is 0. The topological polar surface area (TPSA) is 61.7 Å². The van der Waals surface area contributed by atoms with Crippen molar-refractivity contribution < 1.29 is 4.42 Å². The van der Waals surface area contributed by atoms with Crippen molar-refractivity contribution in [3.05, 3.63) is 249 Å². The molecule has 0 atom stereocenters. The fraction of sp³-hybridized carbons (Fsp3) is 0. The molecule has 0 aliphatic rings. The van der Waals surface area contributed by atoms with E-state index in [1.165, 1.54) is 37.7 Å². The van der Waals surface area contributed by atoms with Gasteiger partial charge in [0.25, 0.3) is 0 Å². The molecule has 6 heteroatoms. The first-order chi connectivity index (χ1) is 37.2. The molecule has 0 spiro atoms. The highest BCUT2D eigenvalue weighted by Gasteiger charge is 2.28. The quantitative estimate of drug-likeness (QED) is 0.167. The van der Waals surface area contributed by atoms with Crippen molar-refractivity contribution in [2.75, 3.05) is 0 Å². The first-order valence-electron chi connectivity index (χ1n) is 25.4. The Morgan fingerprint density at radius 3 is 1.51 bits per heavy atom. The van der Waals surface area contributed by atoms with Crippen LogP contribution in [0, 0.1) is 0 Å². The molecular formula is C69H41N5O. The zero-order valence-electron chi connectivity index (χ0n) is 40.3. The van der Waals surface area contributed by atoms with Crippen LogP contribution in [0.5, 0.6) is 0 Å². The van der Waals surface area contributed by atoms with Crippen LogP contribution in [0.4, 0.5) is 0 Å². The second-order valence-electron chi connectivity index (χ2n) is 19.5. The molecule has 348 valence electrons. The maximum atomic E-state index is 7.26. The molecule has 6 nitrogen and oxygen atoms in total. The number of hydrogen-bond acceptors (Lipinski definition) is 4. The molecular weight excluding hydrogens is 915 g/mol. The predicted molar refractivity (Wildman–Crippen MR) is 310 cm³/mol. The highest BCUT2D eigenvalue weighted by atomic mass is 16.3. The number of nitrogens with zero attached hydrogens (tertiary/aromatic N) is 5.